The molecular weight excluding hydrogens is 260 g/mol. The Morgan fingerprint density at radius 3 is 2.63 bits per heavy atom. The average molecular weight is 289 g/mol. The largest absolute Gasteiger partial charge is 0.340 e. The Balaban J connectivity index is 0.00000180. The van der Waals surface area contributed by atoms with Gasteiger partial charge in [0.1, 0.15) is 0 Å². The van der Waals surface area contributed by atoms with Gasteiger partial charge in [-0.25, -0.2) is 0 Å². The first-order chi connectivity index (χ1) is 8.66. The van der Waals surface area contributed by atoms with Crippen LogP contribution in [0.2, 0.25) is 0 Å². The molecule has 2 unspecified atom stereocenters. The van der Waals surface area contributed by atoms with E-state index in [0.29, 0.717) is 11.9 Å². The number of hydrogen-bond acceptors (Lipinski definition) is 2. The second kappa shape index (κ2) is 8.11. The number of hydrogen-bond donors (Lipinski definition) is 1. The minimum absolute atomic E-state index is 0. The van der Waals surface area contributed by atoms with Crippen molar-refractivity contribution in [1.29, 1.82) is 0 Å². The van der Waals surface area contributed by atoms with Crippen LogP contribution in [0.5, 0.6) is 0 Å². The van der Waals surface area contributed by atoms with Crippen LogP contribution >= 0.6 is 12.4 Å². The van der Waals surface area contributed by atoms with Gasteiger partial charge in [-0.2, -0.15) is 0 Å². The number of rotatable bonds is 3. The Morgan fingerprint density at radius 1 is 1.32 bits per heavy atom. The van der Waals surface area contributed by atoms with Crippen LogP contribution in [0.4, 0.5) is 0 Å². The molecule has 0 radical (unpaired) electrons. The van der Waals surface area contributed by atoms with Crippen molar-refractivity contribution < 1.29 is 4.79 Å². The van der Waals surface area contributed by atoms with Crippen LogP contribution in [0.15, 0.2) is 0 Å². The zero-order valence-corrected chi connectivity index (χ0v) is 13.2. The van der Waals surface area contributed by atoms with Crippen LogP contribution in [-0.4, -0.2) is 36.5 Å². The Kier molecular flexibility index (Phi) is 7.16. The molecule has 0 bridgehead atoms. The molecule has 0 aromatic carbocycles. The molecule has 2 rings (SSSR count). The van der Waals surface area contributed by atoms with Crippen LogP contribution in [0.1, 0.15) is 52.4 Å². The molecule has 112 valence electrons. The summed E-state index contributed by atoms with van der Waals surface area (Å²) in [7, 11) is 0. The Bertz CT molecular complexity index is 279. The van der Waals surface area contributed by atoms with Crippen molar-refractivity contribution in [3.05, 3.63) is 0 Å². The minimum Gasteiger partial charge on any atom is -0.340 e. The second-order valence-electron chi connectivity index (χ2n) is 6.28. The minimum atomic E-state index is 0. The average Bonchev–Trinajstić information content (AvgIpc) is 2.39. The number of amides is 1. The molecule has 1 N–H and O–H groups in total. The smallest absolute Gasteiger partial charge is 0.225 e. The summed E-state index contributed by atoms with van der Waals surface area (Å²) in [6.07, 6.45) is 7.93. The third kappa shape index (κ3) is 4.96. The monoisotopic (exact) mass is 288 g/mol. The number of piperazine rings is 1. The van der Waals surface area contributed by atoms with Gasteiger partial charge in [0, 0.05) is 31.6 Å². The van der Waals surface area contributed by atoms with E-state index in [0.717, 1.165) is 32.0 Å². The van der Waals surface area contributed by atoms with E-state index >= 15 is 0 Å². The predicted molar refractivity (Wildman–Crippen MR) is 81.6 cm³/mol. The van der Waals surface area contributed by atoms with Crippen LogP contribution in [0, 0.1) is 11.8 Å². The zero-order valence-electron chi connectivity index (χ0n) is 12.4. The lowest BCUT2D eigenvalue weighted by atomic mass is 9.83. The third-order valence-electron chi connectivity index (χ3n) is 4.51. The molecule has 1 aliphatic carbocycles. The molecule has 0 aromatic rings. The van der Waals surface area contributed by atoms with E-state index < -0.39 is 0 Å². The maximum absolute atomic E-state index is 12.4. The van der Waals surface area contributed by atoms with Gasteiger partial charge in [0.2, 0.25) is 5.91 Å². The summed E-state index contributed by atoms with van der Waals surface area (Å²) in [5.74, 6) is 1.41. The maximum Gasteiger partial charge on any atom is 0.225 e. The summed E-state index contributed by atoms with van der Waals surface area (Å²) < 4.78 is 0. The van der Waals surface area contributed by atoms with E-state index in [-0.39, 0.29) is 18.3 Å². The molecular formula is C15H29ClN2O. The zero-order chi connectivity index (χ0) is 13.0. The van der Waals surface area contributed by atoms with Crippen molar-refractivity contribution in [2.45, 2.75) is 58.4 Å². The number of nitrogens with zero attached hydrogens (tertiary/aromatic N) is 1. The summed E-state index contributed by atoms with van der Waals surface area (Å²) in [6, 6.07) is 0.449. The van der Waals surface area contributed by atoms with E-state index in [1.807, 2.05) is 0 Å². The number of nitrogens with one attached hydrogen (secondary N) is 1. The van der Waals surface area contributed by atoms with Gasteiger partial charge in [0.15, 0.2) is 0 Å². The van der Waals surface area contributed by atoms with E-state index in [2.05, 4.69) is 24.1 Å². The highest BCUT2D eigenvalue weighted by Gasteiger charge is 2.26. The Morgan fingerprint density at radius 2 is 2.00 bits per heavy atom. The lowest BCUT2D eigenvalue weighted by Crippen LogP contribution is -2.52. The first-order valence-electron chi connectivity index (χ1n) is 7.69. The summed E-state index contributed by atoms with van der Waals surface area (Å²) in [5, 5.41) is 3.39. The summed E-state index contributed by atoms with van der Waals surface area (Å²) in [6.45, 7) is 7.00. The van der Waals surface area contributed by atoms with Gasteiger partial charge < -0.3 is 10.2 Å². The van der Waals surface area contributed by atoms with Crippen LogP contribution < -0.4 is 5.32 Å². The van der Waals surface area contributed by atoms with Crippen molar-refractivity contribution in [3.8, 4) is 0 Å². The van der Waals surface area contributed by atoms with Crippen molar-refractivity contribution in [3.63, 3.8) is 0 Å². The van der Waals surface area contributed by atoms with Crippen LogP contribution in [0.3, 0.4) is 0 Å². The fourth-order valence-corrected chi connectivity index (χ4v) is 3.47. The van der Waals surface area contributed by atoms with Crippen LogP contribution in [-0.2, 0) is 4.79 Å². The van der Waals surface area contributed by atoms with E-state index in [1.54, 1.807) is 0 Å². The van der Waals surface area contributed by atoms with Gasteiger partial charge in [-0.1, -0.05) is 39.0 Å². The first-order valence-corrected chi connectivity index (χ1v) is 7.69. The molecule has 4 heteroatoms. The molecule has 2 fully saturated rings. The molecule has 0 spiro atoms. The van der Waals surface area contributed by atoms with E-state index in [4.69, 9.17) is 0 Å². The molecule has 0 aromatic heterocycles. The second-order valence-corrected chi connectivity index (χ2v) is 6.28. The van der Waals surface area contributed by atoms with Crippen molar-refractivity contribution in [2.75, 3.05) is 19.6 Å². The summed E-state index contributed by atoms with van der Waals surface area (Å²) in [5.41, 5.74) is 0. The molecule has 2 aliphatic rings. The highest BCUT2D eigenvalue weighted by Crippen LogP contribution is 2.29. The molecule has 1 aliphatic heterocycles. The predicted octanol–water partition coefficient (Wildman–Crippen LogP) is 2.84. The highest BCUT2D eigenvalue weighted by molar-refractivity contribution is 5.85. The van der Waals surface area contributed by atoms with Crippen molar-refractivity contribution in [1.82, 2.24) is 10.2 Å². The number of carbonyl (C=O) groups is 1. The van der Waals surface area contributed by atoms with E-state index in [9.17, 15) is 4.79 Å². The molecule has 19 heavy (non-hydrogen) atoms. The van der Waals surface area contributed by atoms with Gasteiger partial charge in [0.25, 0.3) is 0 Å². The quantitative estimate of drug-likeness (QED) is 0.866. The number of halogens is 1. The van der Waals surface area contributed by atoms with E-state index in [1.165, 1.54) is 32.1 Å². The third-order valence-corrected chi connectivity index (χ3v) is 4.51. The molecule has 3 nitrogen and oxygen atoms in total. The molecule has 1 saturated heterocycles. The molecule has 1 saturated carbocycles. The Labute approximate surface area is 123 Å². The van der Waals surface area contributed by atoms with Gasteiger partial charge in [-0.3, -0.25) is 4.79 Å². The fourth-order valence-electron chi connectivity index (χ4n) is 3.47. The van der Waals surface area contributed by atoms with Gasteiger partial charge in [-0.15, -0.1) is 12.4 Å². The molecule has 1 heterocycles. The summed E-state index contributed by atoms with van der Waals surface area (Å²) >= 11 is 0. The SMILES string of the molecule is CC1CN(C(=O)C(C)CC2CCCCC2)CCN1.Cl. The highest BCUT2D eigenvalue weighted by atomic mass is 35.5. The molecule has 1 amide bonds. The summed E-state index contributed by atoms with van der Waals surface area (Å²) in [4.78, 5) is 14.5. The standard InChI is InChI=1S/C15H28N2O.ClH/c1-12(10-14-6-4-3-5-7-14)15(18)17-9-8-16-13(2)11-17;/h12-14,16H,3-11H2,1-2H3;1H. The van der Waals surface area contributed by atoms with Crippen molar-refractivity contribution >= 4 is 18.3 Å². The topological polar surface area (TPSA) is 32.3 Å². The fraction of sp³-hybridized carbons (Fsp3) is 0.933. The lowest BCUT2D eigenvalue weighted by Gasteiger charge is -2.34. The first kappa shape index (κ1) is 16.8. The van der Waals surface area contributed by atoms with Crippen molar-refractivity contribution in [2.24, 2.45) is 11.8 Å². The maximum atomic E-state index is 12.4. The number of carbonyl (C=O) groups excluding carboxylic acids is 1. The molecule has 2 atom stereocenters. The lowest BCUT2D eigenvalue weighted by molar-refractivity contribution is -0.136. The van der Waals surface area contributed by atoms with Gasteiger partial charge in [-0.05, 0) is 19.3 Å². The normalized spacial score (nSPS) is 26.6. The van der Waals surface area contributed by atoms with Crippen LogP contribution in [0.25, 0.3) is 0 Å². The Hall–Kier alpha value is -0.280. The van der Waals surface area contributed by atoms with Gasteiger partial charge in [0.05, 0.1) is 0 Å². The van der Waals surface area contributed by atoms with Gasteiger partial charge >= 0.3 is 0 Å².